The largest absolute Gasteiger partial charge is 0.396 e. The number of hydrogen-bond acceptors (Lipinski definition) is 1. The second-order valence-electron chi connectivity index (χ2n) is 5.98. The Morgan fingerprint density at radius 2 is 1.12 bits per heavy atom. The first-order chi connectivity index (χ1) is 7.56. The van der Waals surface area contributed by atoms with Crippen LogP contribution in [0.1, 0.15) is 72.6 Å². The first-order valence-electron chi connectivity index (χ1n) is 7.17. The molecule has 0 aliphatic carbocycles. The fraction of sp³-hybridized carbons (Fsp3) is 1.00. The smallest absolute Gasteiger partial charge is 0.0433 e. The summed E-state index contributed by atoms with van der Waals surface area (Å²) >= 11 is 0. The molecule has 0 aromatic rings. The van der Waals surface area contributed by atoms with Crippen LogP contribution in [0.4, 0.5) is 0 Å². The van der Waals surface area contributed by atoms with Crippen molar-refractivity contribution in [3.8, 4) is 0 Å². The molecule has 0 heterocycles. The van der Waals surface area contributed by atoms with Crippen LogP contribution < -0.4 is 0 Å². The van der Waals surface area contributed by atoms with Crippen molar-refractivity contribution in [2.45, 2.75) is 72.6 Å². The monoisotopic (exact) mass is 228 g/mol. The Morgan fingerprint density at radius 1 is 0.688 bits per heavy atom. The molecule has 0 saturated carbocycles. The van der Waals surface area contributed by atoms with Gasteiger partial charge in [0, 0.05) is 6.61 Å². The fourth-order valence-electron chi connectivity index (χ4n) is 2.20. The zero-order chi connectivity index (χ0) is 12.4. The molecule has 1 heteroatoms. The van der Waals surface area contributed by atoms with Crippen LogP contribution in [-0.2, 0) is 0 Å². The summed E-state index contributed by atoms with van der Waals surface area (Å²) in [6.07, 6.45) is 9.14. The van der Waals surface area contributed by atoms with Crippen molar-refractivity contribution in [3.63, 3.8) is 0 Å². The Hall–Kier alpha value is -0.0400. The minimum Gasteiger partial charge on any atom is -0.396 e. The van der Waals surface area contributed by atoms with Crippen LogP contribution in [0.25, 0.3) is 0 Å². The fourth-order valence-corrected chi connectivity index (χ4v) is 2.20. The van der Waals surface area contributed by atoms with E-state index in [1.165, 1.54) is 38.5 Å². The van der Waals surface area contributed by atoms with E-state index in [4.69, 9.17) is 5.11 Å². The molecule has 2 atom stereocenters. The lowest BCUT2D eigenvalue weighted by atomic mass is 9.93. The van der Waals surface area contributed by atoms with Gasteiger partial charge in [-0.2, -0.15) is 0 Å². The molecule has 2 unspecified atom stereocenters. The quantitative estimate of drug-likeness (QED) is 0.577. The van der Waals surface area contributed by atoms with Gasteiger partial charge in [0.2, 0.25) is 0 Å². The van der Waals surface area contributed by atoms with Crippen molar-refractivity contribution in [2.75, 3.05) is 6.61 Å². The van der Waals surface area contributed by atoms with Crippen molar-refractivity contribution < 1.29 is 5.11 Å². The van der Waals surface area contributed by atoms with Crippen LogP contribution in [0.2, 0.25) is 0 Å². The van der Waals surface area contributed by atoms with Crippen LogP contribution in [0, 0.1) is 17.8 Å². The zero-order valence-electron chi connectivity index (χ0n) is 11.8. The highest BCUT2D eigenvalue weighted by atomic mass is 16.3. The average molecular weight is 228 g/mol. The standard InChI is InChI=1S/C15H32O/c1-13(2)7-5-8-14(3)9-6-10-15(4)11-12-16/h13-16H,5-12H2,1-4H3. The van der Waals surface area contributed by atoms with E-state index in [2.05, 4.69) is 27.7 Å². The maximum atomic E-state index is 8.81. The van der Waals surface area contributed by atoms with Gasteiger partial charge in [-0.1, -0.05) is 66.2 Å². The van der Waals surface area contributed by atoms with Gasteiger partial charge < -0.3 is 5.11 Å². The van der Waals surface area contributed by atoms with Crippen LogP contribution in [-0.4, -0.2) is 11.7 Å². The van der Waals surface area contributed by atoms with Gasteiger partial charge in [0.25, 0.3) is 0 Å². The summed E-state index contributed by atoms with van der Waals surface area (Å²) in [4.78, 5) is 0. The Balaban J connectivity index is 3.32. The van der Waals surface area contributed by atoms with E-state index in [0.29, 0.717) is 12.5 Å². The maximum absolute atomic E-state index is 8.81. The van der Waals surface area contributed by atoms with E-state index in [1.807, 2.05) is 0 Å². The molecule has 0 aromatic heterocycles. The maximum Gasteiger partial charge on any atom is 0.0433 e. The van der Waals surface area contributed by atoms with E-state index in [-0.39, 0.29) is 0 Å². The third-order valence-electron chi connectivity index (χ3n) is 3.49. The van der Waals surface area contributed by atoms with Gasteiger partial charge >= 0.3 is 0 Å². The molecule has 0 fully saturated rings. The van der Waals surface area contributed by atoms with Crippen molar-refractivity contribution in [1.82, 2.24) is 0 Å². The molecule has 98 valence electrons. The highest BCUT2D eigenvalue weighted by molar-refractivity contribution is 4.58. The molecule has 0 aliphatic rings. The predicted octanol–water partition coefficient (Wildman–Crippen LogP) is 4.64. The average Bonchev–Trinajstić information content (AvgIpc) is 2.17. The molecule has 1 nitrogen and oxygen atoms in total. The minimum absolute atomic E-state index is 0.352. The summed E-state index contributed by atoms with van der Waals surface area (Å²) in [6, 6.07) is 0. The lowest BCUT2D eigenvalue weighted by Crippen LogP contribution is -2.01. The summed E-state index contributed by atoms with van der Waals surface area (Å²) in [5.41, 5.74) is 0. The molecule has 0 radical (unpaired) electrons. The van der Waals surface area contributed by atoms with E-state index >= 15 is 0 Å². The summed E-state index contributed by atoms with van der Waals surface area (Å²) in [5.74, 6) is 2.45. The number of aliphatic hydroxyl groups is 1. The molecular weight excluding hydrogens is 196 g/mol. The normalized spacial score (nSPS) is 15.4. The van der Waals surface area contributed by atoms with Gasteiger partial charge in [-0.05, 0) is 24.2 Å². The highest BCUT2D eigenvalue weighted by Gasteiger charge is 2.05. The Bertz CT molecular complexity index is 142. The number of hydrogen-bond donors (Lipinski definition) is 1. The van der Waals surface area contributed by atoms with Crippen LogP contribution >= 0.6 is 0 Å². The van der Waals surface area contributed by atoms with Gasteiger partial charge in [-0.3, -0.25) is 0 Å². The molecule has 0 rings (SSSR count). The number of aliphatic hydroxyl groups excluding tert-OH is 1. The van der Waals surface area contributed by atoms with Gasteiger partial charge in [0.15, 0.2) is 0 Å². The molecule has 0 spiro atoms. The van der Waals surface area contributed by atoms with Crippen LogP contribution in [0.15, 0.2) is 0 Å². The third kappa shape index (κ3) is 10.5. The van der Waals surface area contributed by atoms with Crippen LogP contribution in [0.5, 0.6) is 0 Å². The highest BCUT2D eigenvalue weighted by Crippen LogP contribution is 2.19. The SMILES string of the molecule is CC(C)CCCC(C)CCCC(C)CCO. The van der Waals surface area contributed by atoms with Gasteiger partial charge in [-0.25, -0.2) is 0 Å². The summed E-state index contributed by atoms with van der Waals surface area (Å²) < 4.78 is 0. The second kappa shape index (κ2) is 10.1. The predicted molar refractivity (Wildman–Crippen MR) is 72.6 cm³/mol. The van der Waals surface area contributed by atoms with Gasteiger partial charge in [-0.15, -0.1) is 0 Å². The Labute approximate surface area is 103 Å². The second-order valence-corrected chi connectivity index (χ2v) is 5.98. The van der Waals surface area contributed by atoms with Crippen molar-refractivity contribution in [2.24, 2.45) is 17.8 Å². The molecule has 0 aromatic carbocycles. The molecule has 0 bridgehead atoms. The molecule has 0 aliphatic heterocycles. The first kappa shape index (κ1) is 16.0. The molecule has 1 N–H and O–H groups in total. The van der Waals surface area contributed by atoms with Crippen molar-refractivity contribution in [1.29, 1.82) is 0 Å². The van der Waals surface area contributed by atoms with Crippen LogP contribution in [0.3, 0.4) is 0 Å². The van der Waals surface area contributed by atoms with Gasteiger partial charge in [0.1, 0.15) is 0 Å². The summed E-state index contributed by atoms with van der Waals surface area (Å²) in [7, 11) is 0. The summed E-state index contributed by atoms with van der Waals surface area (Å²) in [5, 5.41) is 8.81. The lowest BCUT2D eigenvalue weighted by Gasteiger charge is -2.14. The third-order valence-corrected chi connectivity index (χ3v) is 3.49. The van der Waals surface area contributed by atoms with E-state index in [1.54, 1.807) is 0 Å². The molecule has 0 saturated heterocycles. The zero-order valence-corrected chi connectivity index (χ0v) is 11.8. The van der Waals surface area contributed by atoms with Crippen molar-refractivity contribution in [3.05, 3.63) is 0 Å². The first-order valence-corrected chi connectivity index (χ1v) is 7.17. The van der Waals surface area contributed by atoms with E-state index in [9.17, 15) is 0 Å². The van der Waals surface area contributed by atoms with Crippen molar-refractivity contribution >= 4 is 0 Å². The Kier molecular flexibility index (Phi) is 10.1. The molecule has 16 heavy (non-hydrogen) atoms. The topological polar surface area (TPSA) is 20.2 Å². The minimum atomic E-state index is 0.352. The van der Waals surface area contributed by atoms with Gasteiger partial charge in [0.05, 0.1) is 0 Å². The lowest BCUT2D eigenvalue weighted by molar-refractivity contribution is 0.255. The molecular formula is C15H32O. The number of rotatable bonds is 10. The van der Waals surface area contributed by atoms with E-state index < -0.39 is 0 Å². The Morgan fingerprint density at radius 3 is 1.56 bits per heavy atom. The summed E-state index contributed by atoms with van der Waals surface area (Å²) in [6.45, 7) is 9.60. The molecule has 0 amide bonds. The van der Waals surface area contributed by atoms with E-state index in [0.717, 1.165) is 18.3 Å².